The molecule has 25 heavy (non-hydrogen) atoms. The number of benzene rings is 2. The molecule has 0 spiro atoms. The molecule has 2 rings (SSSR count). The molecule has 0 bridgehead atoms. The van der Waals surface area contributed by atoms with E-state index in [-0.39, 0.29) is 11.7 Å². The van der Waals surface area contributed by atoms with E-state index in [0.29, 0.717) is 17.6 Å². The number of nitriles is 1. The van der Waals surface area contributed by atoms with Crippen molar-refractivity contribution in [2.24, 2.45) is 0 Å². The van der Waals surface area contributed by atoms with Gasteiger partial charge in [-0.15, -0.1) is 0 Å². The van der Waals surface area contributed by atoms with E-state index in [9.17, 15) is 10.4 Å². The zero-order valence-electron chi connectivity index (χ0n) is 15.6. The van der Waals surface area contributed by atoms with Crippen LogP contribution < -0.4 is 0 Å². The summed E-state index contributed by atoms with van der Waals surface area (Å²) in [6.45, 7) is 9.79. The number of rotatable bonds is 7. The Morgan fingerprint density at radius 2 is 1.64 bits per heavy atom. The lowest BCUT2D eigenvalue weighted by Gasteiger charge is -2.32. The predicted octanol–water partition coefficient (Wildman–Crippen LogP) is 4.90. The Kier molecular flexibility index (Phi) is 6.61. The first kappa shape index (κ1) is 19.0. The molecule has 132 valence electrons. The molecule has 0 fully saturated rings. The van der Waals surface area contributed by atoms with Gasteiger partial charge in [-0.2, -0.15) is 5.26 Å². The average Bonchev–Trinajstić information content (AvgIpc) is 2.59. The van der Waals surface area contributed by atoms with Crippen LogP contribution in [0.1, 0.15) is 56.7 Å². The van der Waals surface area contributed by atoms with Gasteiger partial charge in [0.05, 0.1) is 11.6 Å². The summed E-state index contributed by atoms with van der Waals surface area (Å²) in [6.07, 6.45) is 0.892. The molecule has 0 saturated heterocycles. The molecule has 0 aliphatic heterocycles. The number of hydrogen-bond donors (Lipinski definition) is 1. The second-order valence-corrected chi connectivity index (χ2v) is 7.06. The van der Waals surface area contributed by atoms with Crippen molar-refractivity contribution in [2.75, 3.05) is 6.54 Å². The van der Waals surface area contributed by atoms with Crippen molar-refractivity contribution >= 4 is 0 Å². The monoisotopic (exact) mass is 336 g/mol. The summed E-state index contributed by atoms with van der Waals surface area (Å²) < 4.78 is 0. The fourth-order valence-corrected chi connectivity index (χ4v) is 3.48. The third-order valence-corrected chi connectivity index (χ3v) is 4.74. The molecule has 0 amide bonds. The largest absolute Gasteiger partial charge is 0.508 e. The molecule has 0 aliphatic rings. The Balaban J connectivity index is 2.37. The van der Waals surface area contributed by atoms with E-state index < -0.39 is 0 Å². The molecule has 2 aromatic rings. The molecule has 0 heterocycles. The second kappa shape index (κ2) is 8.69. The van der Waals surface area contributed by atoms with E-state index >= 15 is 0 Å². The van der Waals surface area contributed by atoms with Gasteiger partial charge in [0.1, 0.15) is 5.75 Å². The number of nitrogens with zero attached hydrogens (tertiary/aromatic N) is 2. The topological polar surface area (TPSA) is 47.3 Å². The molecule has 1 N–H and O–H groups in total. The third kappa shape index (κ3) is 4.84. The van der Waals surface area contributed by atoms with Crippen LogP contribution in [0.15, 0.2) is 48.5 Å². The smallest absolute Gasteiger partial charge is 0.119 e. The highest BCUT2D eigenvalue weighted by atomic mass is 16.3. The van der Waals surface area contributed by atoms with Crippen molar-refractivity contribution in [3.8, 4) is 11.8 Å². The van der Waals surface area contributed by atoms with Gasteiger partial charge in [-0.3, -0.25) is 4.90 Å². The SMILES string of the molecule is CC(C)N(CCC(c1ccccc1)c1cc(C#N)ccc1O)C(C)C. The van der Waals surface area contributed by atoms with Crippen molar-refractivity contribution in [1.29, 1.82) is 5.26 Å². The summed E-state index contributed by atoms with van der Waals surface area (Å²) in [6, 6.07) is 18.5. The van der Waals surface area contributed by atoms with Crippen molar-refractivity contribution in [3.63, 3.8) is 0 Å². The van der Waals surface area contributed by atoms with Crippen LogP contribution in [0.3, 0.4) is 0 Å². The molecule has 0 aliphatic carbocycles. The maximum absolute atomic E-state index is 10.4. The maximum Gasteiger partial charge on any atom is 0.119 e. The van der Waals surface area contributed by atoms with Crippen LogP contribution in [0.25, 0.3) is 0 Å². The lowest BCUT2D eigenvalue weighted by molar-refractivity contribution is 0.170. The molecule has 0 saturated carbocycles. The molecular formula is C22H28N2O. The van der Waals surface area contributed by atoms with Crippen molar-refractivity contribution in [2.45, 2.75) is 52.1 Å². The van der Waals surface area contributed by atoms with Gasteiger partial charge >= 0.3 is 0 Å². The predicted molar refractivity (Wildman–Crippen MR) is 103 cm³/mol. The summed E-state index contributed by atoms with van der Waals surface area (Å²) in [4.78, 5) is 2.46. The molecule has 0 aromatic heterocycles. The number of phenolic OH excluding ortho intramolecular Hbond substituents is 1. The Morgan fingerprint density at radius 1 is 1.00 bits per heavy atom. The molecule has 0 radical (unpaired) electrons. The molecule has 2 aromatic carbocycles. The summed E-state index contributed by atoms with van der Waals surface area (Å²) in [5, 5.41) is 19.7. The van der Waals surface area contributed by atoms with Gasteiger partial charge < -0.3 is 5.11 Å². The highest BCUT2D eigenvalue weighted by Gasteiger charge is 2.21. The number of aromatic hydroxyl groups is 1. The number of phenols is 1. The first-order valence-electron chi connectivity index (χ1n) is 8.97. The van der Waals surface area contributed by atoms with Crippen LogP contribution in [0.5, 0.6) is 5.75 Å². The van der Waals surface area contributed by atoms with Crippen LogP contribution in [0.4, 0.5) is 0 Å². The Hall–Kier alpha value is -2.31. The van der Waals surface area contributed by atoms with E-state index in [0.717, 1.165) is 18.5 Å². The van der Waals surface area contributed by atoms with Crippen LogP contribution in [-0.2, 0) is 0 Å². The summed E-state index contributed by atoms with van der Waals surface area (Å²) in [5.41, 5.74) is 2.58. The Bertz CT molecular complexity index is 709. The van der Waals surface area contributed by atoms with E-state index in [4.69, 9.17) is 0 Å². The summed E-state index contributed by atoms with van der Waals surface area (Å²) >= 11 is 0. The van der Waals surface area contributed by atoms with Crippen LogP contribution >= 0.6 is 0 Å². The van der Waals surface area contributed by atoms with E-state index in [1.165, 1.54) is 5.56 Å². The standard InChI is InChI=1S/C22H28N2O/c1-16(2)24(17(3)4)13-12-20(19-8-6-5-7-9-19)21-14-18(15-23)10-11-22(21)25/h5-11,14,16-17,20,25H,12-13H2,1-4H3. The Labute approximate surface area is 151 Å². The second-order valence-electron chi connectivity index (χ2n) is 7.06. The first-order valence-corrected chi connectivity index (χ1v) is 8.97. The van der Waals surface area contributed by atoms with Gasteiger partial charge in [0.25, 0.3) is 0 Å². The highest BCUT2D eigenvalue weighted by Crippen LogP contribution is 2.35. The zero-order chi connectivity index (χ0) is 18.4. The van der Waals surface area contributed by atoms with Crippen molar-refractivity contribution < 1.29 is 5.11 Å². The van der Waals surface area contributed by atoms with Crippen LogP contribution in [0, 0.1) is 11.3 Å². The zero-order valence-corrected chi connectivity index (χ0v) is 15.6. The lowest BCUT2D eigenvalue weighted by Crippen LogP contribution is -2.38. The maximum atomic E-state index is 10.4. The minimum Gasteiger partial charge on any atom is -0.508 e. The average molecular weight is 336 g/mol. The van der Waals surface area contributed by atoms with Crippen LogP contribution in [0.2, 0.25) is 0 Å². The molecular weight excluding hydrogens is 308 g/mol. The molecule has 3 nitrogen and oxygen atoms in total. The van der Waals surface area contributed by atoms with Gasteiger partial charge in [0.15, 0.2) is 0 Å². The van der Waals surface area contributed by atoms with E-state index in [2.05, 4.69) is 50.8 Å². The third-order valence-electron chi connectivity index (χ3n) is 4.74. The molecule has 3 heteroatoms. The fraction of sp³-hybridized carbons (Fsp3) is 0.409. The van der Waals surface area contributed by atoms with Gasteiger partial charge in [0.2, 0.25) is 0 Å². The number of hydrogen-bond acceptors (Lipinski definition) is 3. The van der Waals surface area contributed by atoms with Gasteiger partial charge in [-0.1, -0.05) is 30.3 Å². The van der Waals surface area contributed by atoms with Crippen molar-refractivity contribution in [3.05, 3.63) is 65.2 Å². The quantitative estimate of drug-likeness (QED) is 0.782. The summed E-state index contributed by atoms with van der Waals surface area (Å²) in [5.74, 6) is 0.322. The molecule has 1 unspecified atom stereocenters. The first-order chi connectivity index (χ1) is 11.9. The summed E-state index contributed by atoms with van der Waals surface area (Å²) in [7, 11) is 0. The van der Waals surface area contributed by atoms with E-state index in [1.54, 1.807) is 12.1 Å². The van der Waals surface area contributed by atoms with Gasteiger partial charge in [-0.25, -0.2) is 0 Å². The van der Waals surface area contributed by atoms with Crippen LogP contribution in [-0.4, -0.2) is 28.6 Å². The van der Waals surface area contributed by atoms with Crippen molar-refractivity contribution in [1.82, 2.24) is 4.90 Å². The van der Waals surface area contributed by atoms with Gasteiger partial charge in [-0.05, 0) is 64.4 Å². The normalized spacial score (nSPS) is 12.6. The van der Waals surface area contributed by atoms with E-state index in [1.807, 2.05) is 24.3 Å². The highest BCUT2D eigenvalue weighted by molar-refractivity contribution is 5.46. The lowest BCUT2D eigenvalue weighted by atomic mass is 9.86. The molecule has 1 atom stereocenters. The Morgan fingerprint density at radius 3 is 2.20 bits per heavy atom. The minimum atomic E-state index is 0.0644. The fourth-order valence-electron chi connectivity index (χ4n) is 3.48. The van der Waals surface area contributed by atoms with Gasteiger partial charge in [0, 0.05) is 23.6 Å². The minimum absolute atomic E-state index is 0.0644.